The molecule has 0 saturated carbocycles. The lowest BCUT2D eigenvalue weighted by molar-refractivity contribution is -0.142. The zero-order valence-corrected chi connectivity index (χ0v) is 12.7. The maximum Gasteiger partial charge on any atom is 0.308 e. The molecule has 1 aromatic heterocycles. The minimum absolute atomic E-state index is 0.0392. The second kappa shape index (κ2) is 5.15. The van der Waals surface area contributed by atoms with Crippen molar-refractivity contribution >= 4 is 17.0 Å². The van der Waals surface area contributed by atoms with E-state index in [1.54, 1.807) is 0 Å². The zero-order valence-electron chi connectivity index (χ0n) is 12.7. The molecular weight excluding hydrogens is 266 g/mol. The first kappa shape index (κ1) is 14.1. The Morgan fingerprint density at radius 1 is 1.43 bits per heavy atom. The van der Waals surface area contributed by atoms with E-state index < -0.39 is 5.97 Å². The number of hydrogen-bond acceptors (Lipinski definition) is 3. The second-order valence-corrected chi connectivity index (χ2v) is 5.91. The van der Waals surface area contributed by atoms with Crippen LogP contribution in [0.1, 0.15) is 32.1 Å². The molecule has 3 rings (SSSR count). The average Bonchev–Trinajstić information content (AvgIpc) is 3.00. The number of fused-ring (bicyclic) bond motifs is 1. The third-order valence-corrected chi connectivity index (χ3v) is 4.81. The fraction of sp³-hybridized carbons (Fsp3) is 0.500. The third kappa shape index (κ3) is 2.21. The van der Waals surface area contributed by atoms with Gasteiger partial charge in [0, 0.05) is 19.6 Å². The maximum atomic E-state index is 11.3. The van der Waals surface area contributed by atoms with Crippen LogP contribution < -0.4 is 0 Å². The van der Waals surface area contributed by atoms with Gasteiger partial charge in [0.2, 0.25) is 0 Å². The number of aliphatic carboxylic acids is 1. The minimum atomic E-state index is -0.692. The normalized spacial score (nSPS) is 24.5. The number of carboxylic acid groups (broad SMARTS) is 1. The second-order valence-electron chi connectivity index (χ2n) is 5.91. The summed E-state index contributed by atoms with van der Waals surface area (Å²) < 4.78 is 2.11. The summed E-state index contributed by atoms with van der Waals surface area (Å²) in [5.74, 6) is 0.0263. The Morgan fingerprint density at radius 3 is 2.76 bits per heavy atom. The first-order chi connectivity index (χ1) is 10.0. The molecule has 0 bridgehead atoms. The van der Waals surface area contributed by atoms with Gasteiger partial charge in [-0.2, -0.15) is 0 Å². The fourth-order valence-electron chi connectivity index (χ4n) is 3.53. The highest BCUT2D eigenvalue weighted by molar-refractivity contribution is 5.76. The summed E-state index contributed by atoms with van der Waals surface area (Å²) in [5, 5.41) is 9.28. The number of rotatable bonds is 3. The highest BCUT2D eigenvalue weighted by Gasteiger charge is 2.39. The van der Waals surface area contributed by atoms with Gasteiger partial charge in [0.25, 0.3) is 0 Å². The number of nitrogens with zero attached hydrogens (tertiary/aromatic N) is 3. The Morgan fingerprint density at radius 2 is 2.14 bits per heavy atom. The monoisotopic (exact) mass is 287 g/mol. The van der Waals surface area contributed by atoms with Gasteiger partial charge in [-0.05, 0) is 32.4 Å². The summed E-state index contributed by atoms with van der Waals surface area (Å²) in [5.41, 5.74) is 2.10. The fourth-order valence-corrected chi connectivity index (χ4v) is 3.53. The first-order valence-corrected chi connectivity index (χ1v) is 7.40. The molecular formula is C16H21N3O2. The molecule has 21 heavy (non-hydrogen) atoms. The van der Waals surface area contributed by atoms with Crippen molar-refractivity contribution in [3.8, 4) is 0 Å². The zero-order chi connectivity index (χ0) is 15.1. The third-order valence-electron chi connectivity index (χ3n) is 4.81. The molecule has 0 spiro atoms. The minimum Gasteiger partial charge on any atom is -0.481 e. The number of hydrogen-bond donors (Lipinski definition) is 1. The number of imidazole rings is 1. The molecule has 0 aliphatic carbocycles. The Labute approximate surface area is 124 Å². The van der Waals surface area contributed by atoms with E-state index in [1.807, 2.05) is 32.2 Å². The summed E-state index contributed by atoms with van der Waals surface area (Å²) in [6.07, 6.45) is 0.713. The summed E-state index contributed by atoms with van der Waals surface area (Å²) in [4.78, 5) is 18.3. The number of benzene rings is 1. The molecule has 1 aromatic carbocycles. The maximum absolute atomic E-state index is 11.3. The molecule has 3 unspecified atom stereocenters. The number of aromatic nitrogens is 2. The standard InChI is InChI=1S/C16H21N3O2/c1-10-12(16(20)21)8-9-19(10)11(2)15-17-13-6-4-5-7-14(13)18(15)3/h4-7,10-12H,8-9H2,1-3H3,(H,20,21). The van der Waals surface area contributed by atoms with Crippen LogP contribution in [0.2, 0.25) is 0 Å². The molecule has 5 heteroatoms. The molecule has 1 N–H and O–H groups in total. The van der Waals surface area contributed by atoms with E-state index in [9.17, 15) is 9.90 Å². The van der Waals surface area contributed by atoms with Crippen molar-refractivity contribution < 1.29 is 9.90 Å². The van der Waals surface area contributed by atoms with Gasteiger partial charge in [-0.3, -0.25) is 9.69 Å². The highest BCUT2D eigenvalue weighted by Crippen LogP contribution is 2.33. The molecule has 3 atom stereocenters. The van der Waals surface area contributed by atoms with Gasteiger partial charge in [-0.1, -0.05) is 12.1 Å². The van der Waals surface area contributed by atoms with Crippen molar-refractivity contribution in [1.82, 2.24) is 14.5 Å². The van der Waals surface area contributed by atoms with Crippen LogP contribution in [-0.4, -0.2) is 38.1 Å². The number of aryl methyl sites for hydroxylation is 1. The van der Waals surface area contributed by atoms with E-state index in [1.165, 1.54) is 0 Å². The van der Waals surface area contributed by atoms with Gasteiger partial charge >= 0.3 is 5.97 Å². The predicted molar refractivity (Wildman–Crippen MR) is 81.0 cm³/mol. The lowest BCUT2D eigenvalue weighted by Gasteiger charge is -2.29. The van der Waals surface area contributed by atoms with Crippen LogP contribution in [0.4, 0.5) is 0 Å². The molecule has 1 saturated heterocycles. The topological polar surface area (TPSA) is 58.4 Å². The van der Waals surface area contributed by atoms with Crippen LogP contribution >= 0.6 is 0 Å². The van der Waals surface area contributed by atoms with Crippen LogP contribution in [-0.2, 0) is 11.8 Å². The van der Waals surface area contributed by atoms with Crippen molar-refractivity contribution in [1.29, 1.82) is 0 Å². The highest BCUT2D eigenvalue weighted by atomic mass is 16.4. The molecule has 112 valence electrons. The van der Waals surface area contributed by atoms with E-state index in [2.05, 4.69) is 22.5 Å². The predicted octanol–water partition coefficient (Wildman–Crippen LogP) is 2.43. The smallest absolute Gasteiger partial charge is 0.308 e. The number of likely N-dealkylation sites (tertiary alicyclic amines) is 1. The largest absolute Gasteiger partial charge is 0.481 e. The molecule has 1 aliphatic rings. The summed E-state index contributed by atoms with van der Waals surface area (Å²) in [7, 11) is 2.02. The van der Waals surface area contributed by atoms with Gasteiger partial charge < -0.3 is 9.67 Å². The van der Waals surface area contributed by atoms with Crippen LogP contribution in [0, 0.1) is 5.92 Å². The Kier molecular flexibility index (Phi) is 3.45. The molecule has 1 fully saturated rings. The number of para-hydroxylation sites is 2. The van der Waals surface area contributed by atoms with Crippen molar-refractivity contribution in [2.75, 3.05) is 6.54 Å². The SMILES string of the molecule is CC(c1nc2ccccc2n1C)N1CCC(C(=O)O)C1C. The number of carboxylic acids is 1. The van der Waals surface area contributed by atoms with Gasteiger partial charge in [0.15, 0.2) is 0 Å². The quantitative estimate of drug-likeness (QED) is 0.942. The van der Waals surface area contributed by atoms with E-state index in [-0.39, 0.29) is 18.0 Å². The lowest BCUT2D eigenvalue weighted by atomic mass is 10.0. The number of carbonyl (C=O) groups is 1. The van der Waals surface area contributed by atoms with Crippen LogP contribution in [0.25, 0.3) is 11.0 Å². The van der Waals surface area contributed by atoms with Crippen LogP contribution in [0.5, 0.6) is 0 Å². The molecule has 2 aromatic rings. The summed E-state index contributed by atoms with van der Waals surface area (Å²) in [6.45, 7) is 4.93. The van der Waals surface area contributed by atoms with Gasteiger partial charge in [0.05, 0.1) is 23.0 Å². The summed E-state index contributed by atoms with van der Waals surface area (Å²) >= 11 is 0. The van der Waals surface area contributed by atoms with E-state index in [0.29, 0.717) is 6.42 Å². The molecule has 5 nitrogen and oxygen atoms in total. The Hall–Kier alpha value is -1.88. The first-order valence-electron chi connectivity index (χ1n) is 7.40. The van der Waals surface area contributed by atoms with Crippen molar-refractivity contribution in [3.63, 3.8) is 0 Å². The molecule has 0 amide bonds. The molecule has 0 radical (unpaired) electrons. The van der Waals surface area contributed by atoms with Crippen molar-refractivity contribution in [2.24, 2.45) is 13.0 Å². The van der Waals surface area contributed by atoms with Crippen LogP contribution in [0.3, 0.4) is 0 Å². The van der Waals surface area contributed by atoms with Crippen molar-refractivity contribution in [3.05, 3.63) is 30.1 Å². The van der Waals surface area contributed by atoms with E-state index >= 15 is 0 Å². The van der Waals surface area contributed by atoms with Crippen LogP contribution in [0.15, 0.2) is 24.3 Å². The van der Waals surface area contributed by atoms with Gasteiger partial charge in [-0.25, -0.2) is 4.98 Å². The molecule has 2 heterocycles. The Bertz CT molecular complexity index is 679. The summed E-state index contributed by atoms with van der Waals surface area (Å²) in [6, 6.07) is 8.23. The van der Waals surface area contributed by atoms with Crippen molar-refractivity contribution in [2.45, 2.75) is 32.4 Å². The van der Waals surface area contributed by atoms with E-state index in [0.717, 1.165) is 23.4 Å². The van der Waals surface area contributed by atoms with Gasteiger partial charge in [0.1, 0.15) is 5.82 Å². The van der Waals surface area contributed by atoms with Gasteiger partial charge in [-0.15, -0.1) is 0 Å². The van der Waals surface area contributed by atoms with E-state index in [4.69, 9.17) is 4.98 Å². The average molecular weight is 287 g/mol. The Balaban J connectivity index is 1.92. The lowest BCUT2D eigenvalue weighted by Crippen LogP contribution is -2.35. The molecule has 1 aliphatic heterocycles.